The molecular weight excluding hydrogens is 250 g/mol. The number of ether oxygens (including phenoxy) is 1. The van der Waals surface area contributed by atoms with Crippen molar-refractivity contribution >= 4 is 5.69 Å². The first kappa shape index (κ1) is 14.4. The Morgan fingerprint density at radius 3 is 2.05 bits per heavy atom. The van der Waals surface area contributed by atoms with E-state index in [9.17, 15) is 5.11 Å². The molecule has 0 heterocycles. The lowest BCUT2D eigenvalue weighted by molar-refractivity contribution is 0.0649. The van der Waals surface area contributed by atoms with Gasteiger partial charge in [0.15, 0.2) is 0 Å². The van der Waals surface area contributed by atoms with Gasteiger partial charge in [0, 0.05) is 5.69 Å². The molecule has 20 heavy (non-hydrogen) atoms. The van der Waals surface area contributed by atoms with Crippen molar-refractivity contribution in [3.8, 4) is 11.5 Å². The van der Waals surface area contributed by atoms with Crippen molar-refractivity contribution in [1.82, 2.24) is 0 Å². The Balaban J connectivity index is 2.00. The van der Waals surface area contributed by atoms with E-state index in [0.717, 1.165) is 17.2 Å². The molecule has 0 saturated heterocycles. The zero-order valence-corrected chi connectivity index (χ0v) is 12.1. The number of benzene rings is 2. The average molecular weight is 271 g/mol. The summed E-state index contributed by atoms with van der Waals surface area (Å²) >= 11 is 0. The van der Waals surface area contributed by atoms with E-state index >= 15 is 0 Å². The molecule has 3 heteroatoms. The first-order chi connectivity index (χ1) is 9.45. The highest BCUT2D eigenvalue weighted by atomic mass is 16.5. The van der Waals surface area contributed by atoms with Crippen molar-refractivity contribution in [3.05, 3.63) is 54.6 Å². The summed E-state index contributed by atoms with van der Waals surface area (Å²) < 4.78 is 5.73. The van der Waals surface area contributed by atoms with Crippen LogP contribution in [0.1, 0.15) is 20.8 Å². The summed E-state index contributed by atoms with van der Waals surface area (Å²) in [6.07, 6.45) is 0. The van der Waals surface area contributed by atoms with Gasteiger partial charge in [0.25, 0.3) is 0 Å². The molecule has 0 aliphatic carbocycles. The zero-order chi connectivity index (χ0) is 14.6. The molecule has 0 aromatic heterocycles. The van der Waals surface area contributed by atoms with Gasteiger partial charge >= 0.3 is 0 Å². The Morgan fingerprint density at radius 2 is 1.50 bits per heavy atom. The highest BCUT2D eigenvalue weighted by Gasteiger charge is 2.21. The number of hydrogen-bond acceptors (Lipinski definition) is 3. The molecule has 2 aromatic carbocycles. The Kier molecular flexibility index (Phi) is 4.30. The molecule has 2 aromatic rings. The molecule has 0 fully saturated rings. The second-order valence-corrected chi connectivity index (χ2v) is 5.46. The Morgan fingerprint density at radius 1 is 0.950 bits per heavy atom. The Labute approximate surface area is 120 Å². The number of nitrogens with one attached hydrogen (secondary N) is 1. The van der Waals surface area contributed by atoms with Gasteiger partial charge in [0.05, 0.1) is 11.6 Å². The first-order valence-electron chi connectivity index (χ1n) is 6.77. The largest absolute Gasteiger partial charge is 0.457 e. The van der Waals surface area contributed by atoms with Gasteiger partial charge in [-0.05, 0) is 57.2 Å². The lowest BCUT2D eigenvalue weighted by atomic mass is 10.0. The van der Waals surface area contributed by atoms with Crippen molar-refractivity contribution in [1.29, 1.82) is 0 Å². The van der Waals surface area contributed by atoms with Crippen molar-refractivity contribution in [2.24, 2.45) is 0 Å². The van der Waals surface area contributed by atoms with Crippen LogP contribution in [0.3, 0.4) is 0 Å². The molecule has 106 valence electrons. The third-order valence-corrected chi connectivity index (χ3v) is 3.28. The Hall–Kier alpha value is -2.00. The van der Waals surface area contributed by atoms with E-state index in [1.807, 2.05) is 61.5 Å². The maximum Gasteiger partial charge on any atom is 0.127 e. The molecule has 1 unspecified atom stereocenters. The molecule has 0 bridgehead atoms. The molecule has 0 radical (unpaired) electrons. The Bertz CT molecular complexity index is 529. The summed E-state index contributed by atoms with van der Waals surface area (Å²) in [5.74, 6) is 1.61. The van der Waals surface area contributed by atoms with E-state index in [-0.39, 0.29) is 6.04 Å². The first-order valence-corrected chi connectivity index (χ1v) is 6.77. The lowest BCUT2D eigenvalue weighted by Gasteiger charge is -2.27. The van der Waals surface area contributed by atoms with Gasteiger partial charge in [-0.2, -0.15) is 0 Å². The van der Waals surface area contributed by atoms with Crippen LogP contribution >= 0.6 is 0 Å². The molecule has 1 atom stereocenters. The molecule has 0 aliphatic rings. The monoisotopic (exact) mass is 271 g/mol. The van der Waals surface area contributed by atoms with Gasteiger partial charge in [0.1, 0.15) is 11.5 Å². The fourth-order valence-corrected chi connectivity index (χ4v) is 1.67. The molecular formula is C17H21NO2. The minimum absolute atomic E-state index is 0.0385. The molecule has 0 amide bonds. The molecule has 3 nitrogen and oxygen atoms in total. The second-order valence-electron chi connectivity index (χ2n) is 5.46. The highest BCUT2D eigenvalue weighted by molar-refractivity contribution is 5.48. The molecule has 2 N–H and O–H groups in total. The van der Waals surface area contributed by atoms with Gasteiger partial charge in [-0.25, -0.2) is 0 Å². The van der Waals surface area contributed by atoms with Crippen LogP contribution in [0.4, 0.5) is 5.69 Å². The minimum Gasteiger partial charge on any atom is -0.457 e. The van der Waals surface area contributed by atoms with Crippen molar-refractivity contribution in [2.45, 2.75) is 32.4 Å². The fraction of sp³-hybridized carbons (Fsp3) is 0.294. The summed E-state index contributed by atoms with van der Waals surface area (Å²) in [6, 6.07) is 17.3. The van der Waals surface area contributed by atoms with Crippen LogP contribution in [0.5, 0.6) is 11.5 Å². The fourth-order valence-electron chi connectivity index (χ4n) is 1.67. The normalized spacial score (nSPS) is 12.8. The van der Waals surface area contributed by atoms with Gasteiger partial charge < -0.3 is 15.2 Å². The second kappa shape index (κ2) is 5.97. The predicted octanol–water partition coefficient (Wildman–Crippen LogP) is 4.05. The van der Waals surface area contributed by atoms with Gasteiger partial charge in [0.2, 0.25) is 0 Å². The van der Waals surface area contributed by atoms with Crippen LogP contribution in [0, 0.1) is 0 Å². The van der Waals surface area contributed by atoms with Crippen LogP contribution < -0.4 is 10.1 Å². The van der Waals surface area contributed by atoms with E-state index in [2.05, 4.69) is 5.32 Å². The summed E-state index contributed by atoms with van der Waals surface area (Å²) in [6.45, 7) is 5.53. The topological polar surface area (TPSA) is 41.5 Å². The van der Waals surface area contributed by atoms with Gasteiger partial charge in [-0.15, -0.1) is 0 Å². The number of para-hydroxylation sites is 1. The minimum atomic E-state index is -0.765. The third-order valence-electron chi connectivity index (χ3n) is 3.28. The van der Waals surface area contributed by atoms with Crippen molar-refractivity contribution in [3.63, 3.8) is 0 Å². The van der Waals surface area contributed by atoms with Crippen LogP contribution in [-0.2, 0) is 0 Å². The number of aliphatic hydroxyl groups is 1. The predicted molar refractivity (Wildman–Crippen MR) is 82.3 cm³/mol. The maximum absolute atomic E-state index is 9.91. The molecule has 2 rings (SSSR count). The third kappa shape index (κ3) is 4.00. The van der Waals surface area contributed by atoms with E-state index in [1.165, 1.54) is 0 Å². The van der Waals surface area contributed by atoms with Gasteiger partial charge in [-0.1, -0.05) is 18.2 Å². The zero-order valence-electron chi connectivity index (χ0n) is 12.1. The summed E-state index contributed by atoms with van der Waals surface area (Å²) in [4.78, 5) is 0. The summed E-state index contributed by atoms with van der Waals surface area (Å²) in [5.41, 5.74) is 0.194. The number of rotatable bonds is 5. The average Bonchev–Trinajstić information content (AvgIpc) is 2.41. The molecule has 0 aliphatic heterocycles. The van der Waals surface area contributed by atoms with Crippen molar-refractivity contribution < 1.29 is 9.84 Å². The smallest absolute Gasteiger partial charge is 0.127 e. The van der Waals surface area contributed by atoms with Gasteiger partial charge in [-0.3, -0.25) is 0 Å². The number of hydrogen-bond donors (Lipinski definition) is 2. The molecule has 0 spiro atoms. The SMILES string of the molecule is CC(Nc1ccc(Oc2ccccc2)cc1)C(C)(C)O. The van der Waals surface area contributed by atoms with Crippen LogP contribution in [0.15, 0.2) is 54.6 Å². The van der Waals surface area contributed by atoms with Crippen LogP contribution in [0.2, 0.25) is 0 Å². The number of anilines is 1. The van der Waals surface area contributed by atoms with E-state index < -0.39 is 5.60 Å². The van der Waals surface area contributed by atoms with Crippen LogP contribution in [-0.4, -0.2) is 16.7 Å². The van der Waals surface area contributed by atoms with Crippen LogP contribution in [0.25, 0.3) is 0 Å². The van der Waals surface area contributed by atoms with E-state index in [1.54, 1.807) is 13.8 Å². The summed E-state index contributed by atoms with van der Waals surface area (Å²) in [5, 5.41) is 13.2. The maximum atomic E-state index is 9.91. The standard InChI is InChI=1S/C17H21NO2/c1-13(17(2,3)19)18-14-9-11-16(12-10-14)20-15-7-5-4-6-8-15/h4-13,18-19H,1-3H3. The van der Waals surface area contributed by atoms with E-state index in [0.29, 0.717) is 0 Å². The quantitative estimate of drug-likeness (QED) is 0.862. The highest BCUT2D eigenvalue weighted by Crippen LogP contribution is 2.23. The lowest BCUT2D eigenvalue weighted by Crippen LogP contribution is -2.39. The molecule has 0 saturated carbocycles. The van der Waals surface area contributed by atoms with Crippen molar-refractivity contribution in [2.75, 3.05) is 5.32 Å². The van der Waals surface area contributed by atoms with E-state index in [4.69, 9.17) is 4.74 Å². The summed E-state index contributed by atoms with van der Waals surface area (Å²) in [7, 11) is 0.